The van der Waals surface area contributed by atoms with E-state index in [9.17, 15) is 14.0 Å². The molecule has 0 saturated carbocycles. The minimum atomic E-state index is -0.566. The van der Waals surface area contributed by atoms with E-state index in [1.165, 1.54) is 23.7 Å². The molecule has 0 amide bonds. The molecule has 2 N–H and O–H groups in total. The van der Waals surface area contributed by atoms with Crippen LogP contribution in [0.3, 0.4) is 0 Å². The van der Waals surface area contributed by atoms with Crippen LogP contribution in [0, 0.1) is 5.82 Å². The highest BCUT2D eigenvalue weighted by molar-refractivity contribution is 9.10. The lowest BCUT2D eigenvalue weighted by Crippen LogP contribution is -2.29. The number of hydrazone groups is 1. The van der Waals surface area contributed by atoms with Gasteiger partial charge in [0.1, 0.15) is 5.82 Å². The van der Waals surface area contributed by atoms with Gasteiger partial charge in [0, 0.05) is 11.5 Å². The maximum absolute atomic E-state index is 13.3. The van der Waals surface area contributed by atoms with Crippen molar-refractivity contribution in [3.05, 3.63) is 90.8 Å². The van der Waals surface area contributed by atoms with E-state index in [0.29, 0.717) is 0 Å². The number of aryl methyl sites for hydroxylation is 1. The summed E-state index contributed by atoms with van der Waals surface area (Å²) in [7, 11) is 1.52. The van der Waals surface area contributed by atoms with Crippen LogP contribution in [0.5, 0.6) is 0 Å². The van der Waals surface area contributed by atoms with Gasteiger partial charge < -0.3 is 0 Å². The van der Waals surface area contributed by atoms with Gasteiger partial charge in [0.15, 0.2) is 11.2 Å². The molecule has 152 valence electrons. The van der Waals surface area contributed by atoms with Gasteiger partial charge in [-0.25, -0.2) is 14.6 Å². The quantitative estimate of drug-likeness (QED) is 0.346. The first-order valence-electron chi connectivity index (χ1n) is 8.91. The van der Waals surface area contributed by atoms with E-state index >= 15 is 0 Å². The molecule has 0 aliphatic rings. The Hall–Kier alpha value is -3.53. The molecule has 0 radical (unpaired) electrons. The third-order valence-electron chi connectivity index (χ3n) is 4.51. The molecule has 0 aliphatic heterocycles. The molecule has 30 heavy (non-hydrogen) atoms. The van der Waals surface area contributed by atoms with Crippen LogP contribution >= 0.6 is 15.9 Å². The fraction of sp³-hybridized carbons (Fsp3) is 0.100. The molecule has 0 atom stereocenters. The Morgan fingerprint density at radius 1 is 1.17 bits per heavy atom. The van der Waals surface area contributed by atoms with E-state index in [4.69, 9.17) is 0 Å². The fourth-order valence-electron chi connectivity index (χ4n) is 2.96. The van der Waals surface area contributed by atoms with Crippen molar-refractivity contribution in [1.82, 2.24) is 19.1 Å². The molecule has 0 fully saturated rings. The lowest BCUT2D eigenvalue weighted by Gasteiger charge is -2.08. The fourth-order valence-corrected chi connectivity index (χ4v) is 3.22. The second-order valence-corrected chi connectivity index (χ2v) is 7.48. The molecule has 2 aromatic heterocycles. The number of anilines is 1. The van der Waals surface area contributed by atoms with E-state index in [1.54, 1.807) is 22.9 Å². The summed E-state index contributed by atoms with van der Waals surface area (Å²) in [6, 6.07) is 13.5. The first kappa shape index (κ1) is 19.8. The second-order valence-electron chi connectivity index (χ2n) is 6.56. The number of aromatic nitrogens is 4. The number of hydrogen-bond acceptors (Lipinski definition) is 5. The van der Waals surface area contributed by atoms with E-state index in [0.717, 1.165) is 15.6 Å². The number of fused-ring (bicyclic) bond motifs is 1. The zero-order chi connectivity index (χ0) is 21.3. The van der Waals surface area contributed by atoms with Gasteiger partial charge in [-0.2, -0.15) is 10.1 Å². The average Bonchev–Trinajstić information content (AvgIpc) is 3.08. The third-order valence-corrected chi connectivity index (χ3v) is 5.04. The average molecular weight is 471 g/mol. The maximum Gasteiger partial charge on any atom is 0.329 e. The van der Waals surface area contributed by atoms with Gasteiger partial charge in [0.25, 0.3) is 5.56 Å². The van der Waals surface area contributed by atoms with Crippen LogP contribution in [0.2, 0.25) is 0 Å². The molecular weight excluding hydrogens is 455 g/mol. The highest BCUT2D eigenvalue weighted by Gasteiger charge is 2.17. The van der Waals surface area contributed by atoms with Gasteiger partial charge in [-0.1, -0.05) is 40.2 Å². The highest BCUT2D eigenvalue weighted by atomic mass is 79.9. The van der Waals surface area contributed by atoms with Crippen LogP contribution in [0.15, 0.2) is 67.7 Å². The highest BCUT2D eigenvalue weighted by Crippen LogP contribution is 2.18. The zero-order valence-electron chi connectivity index (χ0n) is 15.8. The number of halogens is 2. The number of aromatic amines is 1. The van der Waals surface area contributed by atoms with Crippen LogP contribution in [0.1, 0.15) is 11.1 Å². The number of nitrogens with zero attached hydrogens (tertiary/aromatic N) is 4. The lowest BCUT2D eigenvalue weighted by atomic mass is 10.2. The number of nitrogens with one attached hydrogen (secondary N) is 2. The Labute approximate surface area is 177 Å². The van der Waals surface area contributed by atoms with Gasteiger partial charge in [0.05, 0.1) is 12.8 Å². The Bertz CT molecular complexity index is 1350. The number of imidazole rings is 1. The van der Waals surface area contributed by atoms with Crippen molar-refractivity contribution in [3.8, 4) is 0 Å². The molecule has 8 nitrogen and oxygen atoms in total. The predicted molar refractivity (Wildman–Crippen MR) is 116 cm³/mol. The number of hydrogen-bond donors (Lipinski definition) is 2. The van der Waals surface area contributed by atoms with Gasteiger partial charge in [-0.05, 0) is 35.4 Å². The summed E-state index contributed by atoms with van der Waals surface area (Å²) in [6.07, 6.45) is 1.61. The summed E-state index contributed by atoms with van der Waals surface area (Å²) in [5, 5.41) is 4.20. The lowest BCUT2D eigenvalue weighted by molar-refractivity contribution is 0.626. The number of rotatable bonds is 5. The van der Waals surface area contributed by atoms with Crippen molar-refractivity contribution < 1.29 is 4.39 Å². The van der Waals surface area contributed by atoms with Gasteiger partial charge in [0.2, 0.25) is 5.95 Å². The summed E-state index contributed by atoms with van der Waals surface area (Å²) in [5.74, 6) is -0.0821. The zero-order valence-corrected chi connectivity index (χ0v) is 17.4. The second kappa shape index (κ2) is 8.07. The summed E-state index contributed by atoms with van der Waals surface area (Å²) in [4.78, 5) is 31.1. The van der Waals surface area contributed by atoms with Gasteiger partial charge in [-0.3, -0.25) is 18.9 Å². The SMILES string of the molecule is Cn1c(=O)[nH]c(=O)c2c1nc(NN=Cc1ccc(Br)cc1)n2Cc1ccc(F)cc1. The van der Waals surface area contributed by atoms with Crippen molar-refractivity contribution in [2.45, 2.75) is 6.54 Å². The monoisotopic (exact) mass is 470 g/mol. The largest absolute Gasteiger partial charge is 0.329 e. The van der Waals surface area contributed by atoms with Crippen LogP contribution < -0.4 is 16.7 Å². The van der Waals surface area contributed by atoms with Crippen LogP contribution in [-0.2, 0) is 13.6 Å². The molecule has 4 aromatic rings. The molecule has 0 spiro atoms. The van der Waals surface area contributed by atoms with Crippen molar-refractivity contribution in [2.75, 3.05) is 5.43 Å². The van der Waals surface area contributed by atoms with Crippen LogP contribution in [-0.4, -0.2) is 25.3 Å². The molecule has 0 unspecified atom stereocenters. The molecule has 0 bridgehead atoms. The van der Waals surface area contributed by atoms with E-state index < -0.39 is 11.2 Å². The van der Waals surface area contributed by atoms with Crippen molar-refractivity contribution in [3.63, 3.8) is 0 Å². The topological polar surface area (TPSA) is 97.1 Å². The molecule has 2 heterocycles. The molecule has 0 saturated heterocycles. The molecule has 2 aromatic carbocycles. The third kappa shape index (κ3) is 3.94. The first-order chi connectivity index (χ1) is 14.4. The van der Waals surface area contributed by atoms with Crippen molar-refractivity contribution >= 4 is 39.3 Å². The Morgan fingerprint density at radius 2 is 1.87 bits per heavy atom. The van der Waals surface area contributed by atoms with Gasteiger partial charge >= 0.3 is 5.69 Å². The Kier molecular flexibility index (Phi) is 5.32. The smallest absolute Gasteiger partial charge is 0.298 e. The molecule has 0 aliphatic carbocycles. The summed E-state index contributed by atoms with van der Waals surface area (Å²) in [6.45, 7) is 0.230. The Morgan fingerprint density at radius 3 is 2.57 bits per heavy atom. The summed E-state index contributed by atoms with van der Waals surface area (Å²) >= 11 is 3.38. The maximum atomic E-state index is 13.3. The normalized spacial score (nSPS) is 11.4. The Balaban J connectivity index is 1.77. The van der Waals surface area contributed by atoms with Crippen molar-refractivity contribution in [1.29, 1.82) is 0 Å². The molecule has 10 heteroatoms. The van der Waals surface area contributed by atoms with Crippen LogP contribution in [0.25, 0.3) is 11.2 Å². The van der Waals surface area contributed by atoms with E-state index in [2.05, 4.69) is 36.4 Å². The van der Waals surface area contributed by atoms with E-state index in [1.807, 2.05) is 24.3 Å². The van der Waals surface area contributed by atoms with Crippen molar-refractivity contribution in [2.24, 2.45) is 12.1 Å². The number of benzene rings is 2. The molecule has 4 rings (SSSR count). The molecular formula is C20H16BrFN6O2. The van der Waals surface area contributed by atoms with Crippen LogP contribution in [0.4, 0.5) is 10.3 Å². The minimum absolute atomic E-state index is 0.211. The summed E-state index contributed by atoms with van der Waals surface area (Å²) < 4.78 is 17.1. The van der Waals surface area contributed by atoms with E-state index in [-0.39, 0.29) is 29.5 Å². The standard InChI is InChI=1S/C20H16BrFN6O2/c1-27-17-16(18(29)25-20(27)30)28(11-13-4-8-15(22)9-5-13)19(24-17)26-23-10-12-2-6-14(21)7-3-12/h2-10H,11H2,1H3,(H,24,26)(H,25,29,30). The number of H-pyrrole nitrogens is 1. The first-order valence-corrected chi connectivity index (χ1v) is 9.70. The minimum Gasteiger partial charge on any atom is -0.298 e. The summed E-state index contributed by atoms with van der Waals surface area (Å²) in [5.41, 5.74) is 3.75. The predicted octanol–water partition coefficient (Wildman–Crippen LogP) is 2.82. The van der Waals surface area contributed by atoms with Gasteiger partial charge in [-0.15, -0.1) is 0 Å².